The van der Waals surface area contributed by atoms with Gasteiger partial charge in [0.05, 0.1) is 24.1 Å². The maximum Gasteiger partial charge on any atom is 0.308 e. The van der Waals surface area contributed by atoms with Crippen molar-refractivity contribution in [3.63, 3.8) is 0 Å². The monoisotopic (exact) mass is 589 g/mol. The van der Waals surface area contributed by atoms with Gasteiger partial charge in [0, 0.05) is 18.7 Å². The molecular weight excluding hydrogens is 558 g/mol. The van der Waals surface area contributed by atoms with E-state index in [0.717, 1.165) is 19.3 Å². The molecule has 1 atom stereocenters. The van der Waals surface area contributed by atoms with Crippen LogP contribution in [0.5, 0.6) is 5.75 Å². The lowest BCUT2D eigenvalue weighted by Gasteiger charge is -2.36. The topological polar surface area (TPSA) is 97.0 Å². The Morgan fingerprint density at radius 2 is 1.95 bits per heavy atom. The number of carbonyl (C=O) groups is 3. The highest BCUT2D eigenvalue weighted by Gasteiger charge is 2.34. The van der Waals surface area contributed by atoms with Gasteiger partial charge in [-0.15, -0.1) is 0 Å². The van der Waals surface area contributed by atoms with E-state index in [9.17, 15) is 14.4 Å². The summed E-state index contributed by atoms with van der Waals surface area (Å²) in [5.41, 5.74) is 1.55. The molecule has 10 heteroatoms. The first-order valence-corrected chi connectivity index (χ1v) is 13.6. The molecule has 198 valence electrons. The number of amides is 2. The minimum atomic E-state index is -0.857. The van der Waals surface area contributed by atoms with Gasteiger partial charge in [0.2, 0.25) is 5.91 Å². The highest BCUT2D eigenvalue weighted by Crippen LogP contribution is 2.26. The molecule has 1 aliphatic heterocycles. The molecule has 0 bridgehead atoms. The zero-order valence-corrected chi connectivity index (χ0v) is 23.2. The highest BCUT2D eigenvalue weighted by molar-refractivity contribution is 9.10. The Morgan fingerprint density at radius 1 is 1.16 bits per heavy atom. The maximum absolute atomic E-state index is 12.8. The van der Waals surface area contributed by atoms with Gasteiger partial charge in [-0.3, -0.25) is 19.7 Å². The molecular formula is C27H32BrN3O5S. The Morgan fingerprint density at radius 3 is 2.68 bits per heavy atom. The number of esters is 1. The summed E-state index contributed by atoms with van der Waals surface area (Å²) in [4.78, 5) is 39.4. The zero-order chi connectivity index (χ0) is 26.6. The van der Waals surface area contributed by atoms with Crippen LogP contribution in [0.25, 0.3) is 0 Å². The second-order valence-electron chi connectivity index (χ2n) is 8.62. The predicted octanol–water partition coefficient (Wildman–Crippen LogP) is 4.01. The van der Waals surface area contributed by atoms with Crippen molar-refractivity contribution in [1.82, 2.24) is 15.5 Å². The van der Waals surface area contributed by atoms with Crippen molar-refractivity contribution in [3.05, 3.63) is 64.1 Å². The van der Waals surface area contributed by atoms with E-state index in [2.05, 4.69) is 33.5 Å². The molecule has 2 aromatic rings. The summed E-state index contributed by atoms with van der Waals surface area (Å²) in [6, 6.07) is 14.1. The number of ether oxygens (including phenoxy) is 2. The van der Waals surface area contributed by atoms with Crippen LogP contribution in [0.3, 0.4) is 0 Å². The maximum atomic E-state index is 12.8. The molecule has 0 radical (unpaired) electrons. The molecule has 37 heavy (non-hydrogen) atoms. The van der Waals surface area contributed by atoms with Crippen LogP contribution in [-0.2, 0) is 20.7 Å². The number of halogens is 1. The fraction of sp³-hybridized carbons (Fsp3) is 0.407. The zero-order valence-electron chi connectivity index (χ0n) is 20.8. The SMILES string of the molecule is CCCCOc1ccc(C(=O)NC(=S)N2CCNC(=O)C2CC(=O)OCCCc2ccccc2)cc1Br. The van der Waals surface area contributed by atoms with Gasteiger partial charge in [0.15, 0.2) is 5.11 Å². The molecule has 3 rings (SSSR count). The van der Waals surface area contributed by atoms with Crippen molar-refractivity contribution in [2.24, 2.45) is 0 Å². The largest absolute Gasteiger partial charge is 0.492 e. The van der Waals surface area contributed by atoms with Crippen molar-refractivity contribution in [3.8, 4) is 5.75 Å². The fourth-order valence-electron chi connectivity index (χ4n) is 3.81. The lowest BCUT2D eigenvalue weighted by Crippen LogP contribution is -2.60. The van der Waals surface area contributed by atoms with E-state index in [-0.39, 0.29) is 24.0 Å². The Bertz CT molecular complexity index is 1100. The Balaban J connectivity index is 1.53. The van der Waals surface area contributed by atoms with Crippen LogP contribution in [-0.4, -0.2) is 60.1 Å². The van der Waals surface area contributed by atoms with Crippen LogP contribution in [0.1, 0.15) is 48.5 Å². The lowest BCUT2D eigenvalue weighted by atomic mass is 10.1. The van der Waals surface area contributed by atoms with E-state index in [4.69, 9.17) is 21.7 Å². The van der Waals surface area contributed by atoms with Crippen molar-refractivity contribution < 1.29 is 23.9 Å². The van der Waals surface area contributed by atoms with E-state index >= 15 is 0 Å². The average Bonchev–Trinajstić information content (AvgIpc) is 2.89. The van der Waals surface area contributed by atoms with Crippen LogP contribution in [0.15, 0.2) is 53.0 Å². The first-order valence-electron chi connectivity index (χ1n) is 12.4. The molecule has 1 aliphatic rings. The number of hydrogen-bond acceptors (Lipinski definition) is 6. The number of aryl methyl sites for hydroxylation is 1. The molecule has 0 aromatic heterocycles. The molecule has 2 N–H and O–H groups in total. The second kappa shape index (κ2) is 14.7. The van der Waals surface area contributed by atoms with Crippen molar-refractivity contribution >= 4 is 51.0 Å². The third kappa shape index (κ3) is 8.82. The van der Waals surface area contributed by atoms with Gasteiger partial charge in [-0.1, -0.05) is 43.7 Å². The summed E-state index contributed by atoms with van der Waals surface area (Å²) in [5, 5.41) is 5.52. The molecule has 8 nitrogen and oxygen atoms in total. The number of carbonyl (C=O) groups excluding carboxylic acids is 3. The number of rotatable bonds is 11. The number of hydrogen-bond donors (Lipinski definition) is 2. The standard InChI is InChI=1S/C27H32BrN3O5S/c1-2-3-15-35-23-12-11-20(17-21(23)28)25(33)30-27(37)31-14-13-29-26(34)22(31)18-24(32)36-16-7-10-19-8-5-4-6-9-19/h4-6,8-9,11-12,17,22H,2-3,7,10,13-16,18H2,1H3,(H,29,34)(H,30,33,37). The molecule has 2 amide bonds. The Hall–Kier alpha value is -2.98. The van der Waals surface area contributed by atoms with Crippen molar-refractivity contribution in [2.45, 2.75) is 45.1 Å². The Kier molecular flexibility index (Phi) is 11.3. The van der Waals surface area contributed by atoms with Gasteiger partial charge < -0.3 is 19.7 Å². The molecule has 1 saturated heterocycles. The fourth-order valence-corrected chi connectivity index (χ4v) is 4.62. The molecule has 0 saturated carbocycles. The number of nitrogens with one attached hydrogen (secondary N) is 2. The van der Waals surface area contributed by atoms with Gasteiger partial charge in [0.25, 0.3) is 5.91 Å². The van der Waals surface area contributed by atoms with Crippen LogP contribution < -0.4 is 15.4 Å². The number of nitrogens with zero attached hydrogens (tertiary/aromatic N) is 1. The van der Waals surface area contributed by atoms with E-state index in [1.165, 1.54) is 5.56 Å². The minimum absolute atomic E-state index is 0.0844. The Labute approximate surface area is 231 Å². The molecule has 1 heterocycles. The van der Waals surface area contributed by atoms with Crippen LogP contribution in [0, 0.1) is 0 Å². The summed E-state index contributed by atoms with van der Waals surface area (Å²) in [7, 11) is 0. The molecule has 0 aliphatic carbocycles. The highest BCUT2D eigenvalue weighted by atomic mass is 79.9. The quantitative estimate of drug-likeness (QED) is 0.232. The van der Waals surface area contributed by atoms with Gasteiger partial charge >= 0.3 is 5.97 Å². The van der Waals surface area contributed by atoms with Gasteiger partial charge in [-0.05, 0) is 71.2 Å². The van der Waals surface area contributed by atoms with Crippen LogP contribution in [0.4, 0.5) is 0 Å². The number of piperazine rings is 1. The van der Waals surface area contributed by atoms with E-state index in [0.29, 0.717) is 41.9 Å². The molecule has 2 aromatic carbocycles. The van der Waals surface area contributed by atoms with E-state index < -0.39 is 17.9 Å². The molecule has 1 unspecified atom stereocenters. The number of unbranched alkanes of at least 4 members (excludes halogenated alkanes) is 1. The summed E-state index contributed by atoms with van der Waals surface area (Å²) in [5.74, 6) is -0.584. The minimum Gasteiger partial charge on any atom is -0.492 e. The van der Waals surface area contributed by atoms with E-state index in [1.807, 2.05) is 30.3 Å². The summed E-state index contributed by atoms with van der Waals surface area (Å²) in [6.07, 6.45) is 3.28. The normalized spacial score (nSPS) is 15.0. The van der Waals surface area contributed by atoms with Crippen LogP contribution in [0.2, 0.25) is 0 Å². The molecule has 0 spiro atoms. The van der Waals surface area contributed by atoms with Crippen LogP contribution >= 0.6 is 28.1 Å². The number of thiocarbonyl (C=S) groups is 1. The summed E-state index contributed by atoms with van der Waals surface area (Å²) >= 11 is 8.89. The molecule has 1 fully saturated rings. The lowest BCUT2D eigenvalue weighted by molar-refractivity contribution is -0.147. The van der Waals surface area contributed by atoms with Crippen molar-refractivity contribution in [2.75, 3.05) is 26.3 Å². The van der Waals surface area contributed by atoms with Gasteiger partial charge in [-0.2, -0.15) is 0 Å². The first-order chi connectivity index (χ1) is 17.9. The summed E-state index contributed by atoms with van der Waals surface area (Å²) < 4.78 is 11.7. The van der Waals surface area contributed by atoms with Gasteiger partial charge in [0.1, 0.15) is 11.8 Å². The smallest absolute Gasteiger partial charge is 0.308 e. The third-order valence-corrected chi connectivity index (χ3v) is 6.79. The second-order valence-corrected chi connectivity index (χ2v) is 9.86. The van der Waals surface area contributed by atoms with Gasteiger partial charge in [-0.25, -0.2) is 0 Å². The predicted molar refractivity (Wildman–Crippen MR) is 148 cm³/mol. The first kappa shape index (κ1) is 28.6. The summed E-state index contributed by atoms with van der Waals surface area (Å²) in [6.45, 7) is 3.66. The van der Waals surface area contributed by atoms with Crippen molar-refractivity contribution in [1.29, 1.82) is 0 Å². The third-order valence-electron chi connectivity index (χ3n) is 5.84. The average molecular weight is 591 g/mol. The number of benzene rings is 2. The van der Waals surface area contributed by atoms with E-state index in [1.54, 1.807) is 23.1 Å².